The maximum atomic E-state index is 12.2. The number of likely N-dealkylation sites (tertiary alicyclic amines) is 1. The Morgan fingerprint density at radius 1 is 1.36 bits per heavy atom. The van der Waals surface area contributed by atoms with Gasteiger partial charge in [-0.1, -0.05) is 6.92 Å². The number of nitrogens with zero attached hydrogens (tertiary/aromatic N) is 5. The standard InChI is InChI=1S/C15H20N6O/c1-12-3-2-8-20(10-12)15(22)9-16-13-4-6-14(7-5-13)21-11-17-18-19-21/h4-7,11-12,16H,2-3,8-10H2,1H3/t12-/m1/s1. The van der Waals surface area contributed by atoms with Gasteiger partial charge in [-0.2, -0.15) is 0 Å². The molecule has 2 aromatic rings. The minimum absolute atomic E-state index is 0.163. The highest BCUT2D eigenvalue weighted by molar-refractivity contribution is 5.81. The molecule has 22 heavy (non-hydrogen) atoms. The van der Waals surface area contributed by atoms with Gasteiger partial charge in [0.05, 0.1) is 12.2 Å². The highest BCUT2D eigenvalue weighted by Crippen LogP contribution is 2.16. The monoisotopic (exact) mass is 300 g/mol. The summed E-state index contributed by atoms with van der Waals surface area (Å²) in [5.41, 5.74) is 1.79. The number of aromatic nitrogens is 4. The lowest BCUT2D eigenvalue weighted by atomic mass is 10.0. The van der Waals surface area contributed by atoms with Crippen LogP contribution in [-0.2, 0) is 4.79 Å². The molecular formula is C15H20N6O. The van der Waals surface area contributed by atoms with E-state index in [1.807, 2.05) is 29.2 Å². The summed E-state index contributed by atoms with van der Waals surface area (Å²) in [7, 11) is 0. The van der Waals surface area contributed by atoms with E-state index in [1.165, 1.54) is 6.42 Å². The zero-order valence-electron chi connectivity index (χ0n) is 12.6. The molecule has 0 bridgehead atoms. The Morgan fingerprint density at radius 3 is 2.86 bits per heavy atom. The fourth-order valence-corrected chi connectivity index (χ4v) is 2.72. The number of hydrogen-bond acceptors (Lipinski definition) is 5. The second-order valence-electron chi connectivity index (χ2n) is 5.74. The number of carbonyl (C=O) groups is 1. The Morgan fingerprint density at radius 2 is 2.18 bits per heavy atom. The number of tetrazole rings is 1. The van der Waals surface area contributed by atoms with Crippen LogP contribution in [0.5, 0.6) is 0 Å². The van der Waals surface area contributed by atoms with Crippen LogP contribution in [0.2, 0.25) is 0 Å². The van der Waals surface area contributed by atoms with E-state index in [9.17, 15) is 4.79 Å². The fraction of sp³-hybridized carbons (Fsp3) is 0.467. The molecular weight excluding hydrogens is 280 g/mol. The molecule has 7 nitrogen and oxygen atoms in total. The van der Waals surface area contributed by atoms with Crippen LogP contribution in [-0.4, -0.2) is 50.6 Å². The van der Waals surface area contributed by atoms with E-state index in [-0.39, 0.29) is 5.91 Å². The number of hydrogen-bond donors (Lipinski definition) is 1. The van der Waals surface area contributed by atoms with Gasteiger partial charge in [-0.05, 0) is 53.5 Å². The molecule has 1 atom stereocenters. The molecule has 0 spiro atoms. The predicted octanol–water partition coefficient (Wildman–Crippen LogP) is 1.33. The number of nitrogens with one attached hydrogen (secondary N) is 1. The SMILES string of the molecule is C[C@@H]1CCCN(C(=O)CNc2ccc(-n3cnnn3)cc2)C1. The summed E-state index contributed by atoms with van der Waals surface area (Å²) in [5.74, 6) is 0.768. The Balaban J connectivity index is 1.54. The van der Waals surface area contributed by atoms with E-state index in [2.05, 4.69) is 27.8 Å². The molecule has 1 aromatic heterocycles. The molecule has 116 valence electrons. The Bertz CT molecular complexity index is 609. The van der Waals surface area contributed by atoms with Gasteiger partial charge in [-0.15, -0.1) is 5.10 Å². The summed E-state index contributed by atoms with van der Waals surface area (Å²) < 4.78 is 1.59. The van der Waals surface area contributed by atoms with Crippen LogP contribution in [0.3, 0.4) is 0 Å². The lowest BCUT2D eigenvalue weighted by molar-refractivity contribution is -0.130. The third-order valence-electron chi connectivity index (χ3n) is 3.93. The third kappa shape index (κ3) is 3.41. The predicted molar refractivity (Wildman–Crippen MR) is 82.6 cm³/mol. The van der Waals surface area contributed by atoms with E-state index >= 15 is 0 Å². The summed E-state index contributed by atoms with van der Waals surface area (Å²) in [6.45, 7) is 4.28. The number of carbonyl (C=O) groups excluding carboxylic acids is 1. The minimum Gasteiger partial charge on any atom is -0.376 e. The molecule has 0 aliphatic carbocycles. The summed E-state index contributed by atoms with van der Waals surface area (Å²) in [4.78, 5) is 14.2. The molecule has 1 saturated heterocycles. The molecule has 3 rings (SSSR count). The van der Waals surface area contributed by atoms with Crippen LogP contribution in [0.25, 0.3) is 5.69 Å². The zero-order valence-corrected chi connectivity index (χ0v) is 12.6. The maximum Gasteiger partial charge on any atom is 0.241 e. The lowest BCUT2D eigenvalue weighted by Crippen LogP contribution is -2.41. The van der Waals surface area contributed by atoms with Crippen molar-refractivity contribution in [1.82, 2.24) is 25.1 Å². The van der Waals surface area contributed by atoms with E-state index in [0.717, 1.165) is 30.9 Å². The van der Waals surface area contributed by atoms with Crippen molar-refractivity contribution in [2.24, 2.45) is 5.92 Å². The first-order valence-corrected chi connectivity index (χ1v) is 7.57. The summed E-state index contributed by atoms with van der Waals surface area (Å²) >= 11 is 0. The van der Waals surface area contributed by atoms with E-state index in [4.69, 9.17) is 0 Å². The first-order valence-electron chi connectivity index (χ1n) is 7.57. The number of piperidine rings is 1. The molecule has 1 aliphatic heterocycles. The molecule has 1 aromatic carbocycles. The Labute approximate surface area is 129 Å². The van der Waals surface area contributed by atoms with Crippen molar-refractivity contribution in [2.75, 3.05) is 25.0 Å². The van der Waals surface area contributed by atoms with E-state index in [1.54, 1.807) is 11.0 Å². The highest BCUT2D eigenvalue weighted by Gasteiger charge is 2.20. The number of rotatable bonds is 4. The van der Waals surface area contributed by atoms with Gasteiger partial charge >= 0.3 is 0 Å². The van der Waals surface area contributed by atoms with Crippen molar-refractivity contribution in [2.45, 2.75) is 19.8 Å². The maximum absolute atomic E-state index is 12.2. The second kappa shape index (κ2) is 6.55. The topological polar surface area (TPSA) is 75.9 Å². The number of benzene rings is 1. The van der Waals surface area contributed by atoms with Crippen LogP contribution >= 0.6 is 0 Å². The normalized spacial score (nSPS) is 18.2. The van der Waals surface area contributed by atoms with Gasteiger partial charge in [-0.3, -0.25) is 4.79 Å². The molecule has 1 N–H and O–H groups in total. The Hall–Kier alpha value is -2.44. The van der Waals surface area contributed by atoms with Crippen LogP contribution in [0.4, 0.5) is 5.69 Å². The van der Waals surface area contributed by atoms with E-state index < -0.39 is 0 Å². The van der Waals surface area contributed by atoms with Crippen molar-refractivity contribution in [3.63, 3.8) is 0 Å². The van der Waals surface area contributed by atoms with Crippen molar-refractivity contribution in [3.8, 4) is 5.69 Å². The van der Waals surface area contributed by atoms with Gasteiger partial charge in [0, 0.05) is 18.8 Å². The molecule has 1 amide bonds. The van der Waals surface area contributed by atoms with Crippen molar-refractivity contribution in [3.05, 3.63) is 30.6 Å². The second-order valence-corrected chi connectivity index (χ2v) is 5.74. The molecule has 7 heteroatoms. The quantitative estimate of drug-likeness (QED) is 0.922. The van der Waals surface area contributed by atoms with E-state index in [0.29, 0.717) is 12.5 Å². The highest BCUT2D eigenvalue weighted by atomic mass is 16.2. The van der Waals surface area contributed by atoms with Gasteiger partial charge < -0.3 is 10.2 Å². The molecule has 0 unspecified atom stereocenters. The van der Waals surface area contributed by atoms with Crippen molar-refractivity contribution >= 4 is 11.6 Å². The minimum atomic E-state index is 0.163. The molecule has 2 heterocycles. The fourth-order valence-electron chi connectivity index (χ4n) is 2.72. The number of anilines is 1. The average molecular weight is 300 g/mol. The lowest BCUT2D eigenvalue weighted by Gasteiger charge is -2.31. The van der Waals surface area contributed by atoms with Gasteiger partial charge in [0.1, 0.15) is 6.33 Å². The largest absolute Gasteiger partial charge is 0.376 e. The van der Waals surface area contributed by atoms with Crippen LogP contribution in [0.1, 0.15) is 19.8 Å². The van der Waals surface area contributed by atoms with Crippen molar-refractivity contribution < 1.29 is 4.79 Å². The summed E-state index contributed by atoms with van der Waals surface area (Å²) in [5, 5.41) is 14.2. The van der Waals surface area contributed by atoms with Gasteiger partial charge in [0.15, 0.2) is 0 Å². The summed E-state index contributed by atoms with van der Waals surface area (Å²) in [6.07, 6.45) is 3.87. The van der Waals surface area contributed by atoms with Crippen LogP contribution in [0, 0.1) is 5.92 Å². The van der Waals surface area contributed by atoms with Gasteiger partial charge in [-0.25, -0.2) is 4.68 Å². The number of amides is 1. The van der Waals surface area contributed by atoms with Crippen molar-refractivity contribution in [1.29, 1.82) is 0 Å². The summed E-state index contributed by atoms with van der Waals surface area (Å²) in [6, 6.07) is 7.66. The van der Waals surface area contributed by atoms with Crippen LogP contribution in [0.15, 0.2) is 30.6 Å². The first kappa shape index (κ1) is 14.5. The average Bonchev–Trinajstić information content (AvgIpc) is 3.07. The smallest absolute Gasteiger partial charge is 0.241 e. The van der Waals surface area contributed by atoms with Gasteiger partial charge in [0.2, 0.25) is 5.91 Å². The third-order valence-corrected chi connectivity index (χ3v) is 3.93. The molecule has 1 aliphatic rings. The zero-order chi connectivity index (χ0) is 15.4. The molecule has 1 fully saturated rings. The molecule has 0 radical (unpaired) electrons. The van der Waals surface area contributed by atoms with Gasteiger partial charge in [0.25, 0.3) is 0 Å². The molecule has 0 saturated carbocycles. The first-order chi connectivity index (χ1) is 10.7. The Kier molecular flexibility index (Phi) is 4.32. The van der Waals surface area contributed by atoms with Crippen LogP contribution < -0.4 is 5.32 Å².